The van der Waals surface area contributed by atoms with Crippen molar-refractivity contribution >= 4 is 20.9 Å². The SMILES string of the molecule is COc1nc(OC(F)F)c(F)cc1-n1cc(S(N)(=O)=O)c2ccc(C#N)cc21. The van der Waals surface area contributed by atoms with Gasteiger partial charge in [-0.25, -0.2) is 17.9 Å². The van der Waals surface area contributed by atoms with Gasteiger partial charge in [-0.1, -0.05) is 6.07 Å². The molecule has 3 rings (SSSR count). The number of ether oxygens (including phenoxy) is 2. The molecule has 0 aliphatic rings. The van der Waals surface area contributed by atoms with Gasteiger partial charge in [-0.05, 0) is 12.1 Å². The summed E-state index contributed by atoms with van der Waals surface area (Å²) in [5, 5.41) is 14.5. The number of halogens is 3. The van der Waals surface area contributed by atoms with Crippen molar-refractivity contribution in [2.75, 3.05) is 7.11 Å². The molecule has 0 aliphatic heterocycles. The number of benzene rings is 1. The standard InChI is InChI=1S/C16H11F3N4O4S/c1-26-15-12(5-10(17)14(22-15)27-16(18)19)23-7-13(28(21,24)25)9-3-2-8(6-20)4-11(9)23/h2-5,7,16H,1H3,(H2,21,24,25). The highest BCUT2D eigenvalue weighted by Crippen LogP contribution is 2.34. The Kier molecular flexibility index (Phi) is 4.88. The number of primary sulfonamides is 1. The minimum atomic E-state index is -4.17. The van der Waals surface area contributed by atoms with Gasteiger partial charge < -0.3 is 14.0 Å². The monoisotopic (exact) mass is 412 g/mol. The van der Waals surface area contributed by atoms with Crippen LogP contribution in [0.15, 0.2) is 35.4 Å². The smallest absolute Gasteiger partial charge is 0.388 e. The number of pyridine rings is 1. The average Bonchev–Trinajstić information content (AvgIpc) is 3.01. The van der Waals surface area contributed by atoms with Crippen molar-refractivity contribution < 1.29 is 31.1 Å². The van der Waals surface area contributed by atoms with Gasteiger partial charge in [0.15, 0.2) is 5.82 Å². The summed E-state index contributed by atoms with van der Waals surface area (Å²) in [6, 6.07) is 6.79. The van der Waals surface area contributed by atoms with Gasteiger partial charge in [0.05, 0.1) is 24.3 Å². The van der Waals surface area contributed by atoms with E-state index in [1.54, 1.807) is 0 Å². The second kappa shape index (κ2) is 7.02. The van der Waals surface area contributed by atoms with Gasteiger partial charge >= 0.3 is 6.61 Å². The first-order chi connectivity index (χ1) is 13.2. The highest BCUT2D eigenvalue weighted by atomic mass is 32.2. The third-order valence-corrected chi connectivity index (χ3v) is 4.69. The van der Waals surface area contributed by atoms with Crippen molar-refractivity contribution in [1.29, 1.82) is 5.26 Å². The van der Waals surface area contributed by atoms with E-state index in [1.165, 1.54) is 22.8 Å². The minimum absolute atomic E-state index is 0.114. The molecular weight excluding hydrogens is 401 g/mol. The third-order valence-electron chi connectivity index (χ3n) is 3.75. The molecule has 2 aromatic heterocycles. The largest absolute Gasteiger partial charge is 0.479 e. The summed E-state index contributed by atoms with van der Waals surface area (Å²) in [5.74, 6) is -2.54. The Morgan fingerprint density at radius 2 is 2.00 bits per heavy atom. The van der Waals surface area contributed by atoms with Crippen LogP contribution in [0.25, 0.3) is 16.6 Å². The lowest BCUT2D eigenvalue weighted by atomic mass is 10.2. The highest BCUT2D eigenvalue weighted by molar-refractivity contribution is 7.89. The molecule has 0 spiro atoms. The first-order valence-electron chi connectivity index (χ1n) is 7.43. The summed E-state index contributed by atoms with van der Waals surface area (Å²) in [6.07, 6.45) is 1.09. The second-order valence-electron chi connectivity index (χ2n) is 5.43. The maximum Gasteiger partial charge on any atom is 0.388 e. The zero-order valence-corrected chi connectivity index (χ0v) is 14.9. The molecule has 0 atom stereocenters. The second-order valence-corrected chi connectivity index (χ2v) is 6.96. The van der Waals surface area contributed by atoms with E-state index in [2.05, 4.69) is 9.72 Å². The summed E-state index contributed by atoms with van der Waals surface area (Å²) in [5.41, 5.74) is 0.264. The van der Waals surface area contributed by atoms with Gasteiger partial charge in [-0.15, -0.1) is 0 Å². The van der Waals surface area contributed by atoms with Crippen molar-refractivity contribution in [3.8, 4) is 23.5 Å². The Balaban J connectivity index is 2.35. The van der Waals surface area contributed by atoms with E-state index in [0.717, 1.165) is 19.4 Å². The normalized spacial score (nSPS) is 11.6. The van der Waals surface area contributed by atoms with Crippen LogP contribution in [0.2, 0.25) is 0 Å². The summed E-state index contributed by atoms with van der Waals surface area (Å²) >= 11 is 0. The van der Waals surface area contributed by atoms with E-state index in [0.29, 0.717) is 0 Å². The van der Waals surface area contributed by atoms with E-state index < -0.39 is 28.3 Å². The zero-order chi connectivity index (χ0) is 20.6. The molecule has 8 nitrogen and oxygen atoms in total. The molecule has 0 radical (unpaired) electrons. The van der Waals surface area contributed by atoms with Crippen molar-refractivity contribution in [2.45, 2.75) is 11.5 Å². The van der Waals surface area contributed by atoms with Crippen LogP contribution in [0.5, 0.6) is 11.8 Å². The lowest BCUT2D eigenvalue weighted by Crippen LogP contribution is -2.11. The van der Waals surface area contributed by atoms with Crippen molar-refractivity contribution in [3.63, 3.8) is 0 Å². The quantitative estimate of drug-likeness (QED) is 0.687. The number of hydrogen-bond donors (Lipinski definition) is 1. The molecule has 3 aromatic rings. The fraction of sp³-hybridized carbons (Fsp3) is 0.125. The summed E-state index contributed by atoms with van der Waals surface area (Å²) in [6.45, 7) is -3.31. The number of fused-ring (bicyclic) bond motifs is 1. The van der Waals surface area contributed by atoms with Crippen molar-refractivity contribution in [3.05, 3.63) is 41.8 Å². The van der Waals surface area contributed by atoms with E-state index in [4.69, 9.17) is 15.1 Å². The fourth-order valence-electron chi connectivity index (χ4n) is 2.63. The number of nitrogens with two attached hydrogens (primary N) is 1. The van der Waals surface area contributed by atoms with Crippen LogP contribution in [0.1, 0.15) is 5.56 Å². The van der Waals surface area contributed by atoms with Crippen molar-refractivity contribution in [2.24, 2.45) is 5.14 Å². The lowest BCUT2D eigenvalue weighted by Gasteiger charge is -2.13. The number of sulfonamides is 1. The molecule has 0 unspecified atom stereocenters. The highest BCUT2D eigenvalue weighted by Gasteiger charge is 2.23. The molecule has 0 fully saturated rings. The molecular formula is C16H11F3N4O4S. The van der Waals surface area contributed by atoms with Gasteiger partial charge in [-0.2, -0.15) is 19.0 Å². The van der Waals surface area contributed by atoms with Gasteiger partial charge in [0.1, 0.15) is 10.6 Å². The number of alkyl halides is 2. The van der Waals surface area contributed by atoms with Crippen LogP contribution in [-0.4, -0.2) is 31.7 Å². The average molecular weight is 412 g/mol. The van der Waals surface area contributed by atoms with Crippen LogP contribution in [0.3, 0.4) is 0 Å². The predicted octanol–water partition coefficient (Wildman–Crippen LogP) is 2.29. The van der Waals surface area contributed by atoms with E-state index in [1.807, 2.05) is 6.07 Å². The Hall–Kier alpha value is -3.30. The Morgan fingerprint density at radius 3 is 2.57 bits per heavy atom. The van der Waals surface area contributed by atoms with E-state index >= 15 is 0 Å². The van der Waals surface area contributed by atoms with Gasteiger partial charge in [0, 0.05) is 17.6 Å². The number of hydrogen-bond acceptors (Lipinski definition) is 6. The molecule has 0 saturated carbocycles. The van der Waals surface area contributed by atoms with E-state index in [-0.39, 0.29) is 32.9 Å². The predicted molar refractivity (Wildman–Crippen MR) is 90.3 cm³/mol. The van der Waals surface area contributed by atoms with Crippen LogP contribution < -0.4 is 14.6 Å². The van der Waals surface area contributed by atoms with Gasteiger partial charge in [-0.3, -0.25) is 0 Å². The molecule has 0 amide bonds. The number of nitriles is 1. The van der Waals surface area contributed by atoms with Gasteiger partial charge in [0.25, 0.3) is 5.88 Å². The van der Waals surface area contributed by atoms with Gasteiger partial charge in [0.2, 0.25) is 15.9 Å². The topological polar surface area (TPSA) is 120 Å². The number of rotatable bonds is 5. The van der Waals surface area contributed by atoms with Crippen LogP contribution in [-0.2, 0) is 10.0 Å². The zero-order valence-electron chi connectivity index (χ0n) is 14.1. The molecule has 0 bridgehead atoms. The first kappa shape index (κ1) is 19.5. The molecule has 146 valence electrons. The maximum absolute atomic E-state index is 14.2. The molecule has 28 heavy (non-hydrogen) atoms. The molecule has 0 saturated heterocycles. The summed E-state index contributed by atoms with van der Waals surface area (Å²) in [7, 11) is -3.02. The third kappa shape index (κ3) is 3.45. The number of methoxy groups -OCH3 is 1. The molecule has 2 heterocycles. The van der Waals surface area contributed by atoms with Crippen LogP contribution >= 0.6 is 0 Å². The molecule has 1 aromatic carbocycles. The Bertz CT molecular complexity index is 1220. The number of nitrogens with zero attached hydrogens (tertiary/aromatic N) is 3. The maximum atomic E-state index is 14.2. The Morgan fingerprint density at radius 1 is 1.29 bits per heavy atom. The summed E-state index contributed by atoms with van der Waals surface area (Å²) < 4.78 is 73.0. The minimum Gasteiger partial charge on any atom is -0.479 e. The van der Waals surface area contributed by atoms with Crippen molar-refractivity contribution in [1.82, 2.24) is 9.55 Å². The van der Waals surface area contributed by atoms with E-state index in [9.17, 15) is 21.6 Å². The molecule has 12 heteroatoms. The van der Waals surface area contributed by atoms with Crippen LogP contribution in [0.4, 0.5) is 13.2 Å². The fourth-order valence-corrected chi connectivity index (χ4v) is 3.36. The molecule has 2 N–H and O–H groups in total. The first-order valence-corrected chi connectivity index (χ1v) is 8.98. The lowest BCUT2D eigenvalue weighted by molar-refractivity contribution is -0.0556. The van der Waals surface area contributed by atoms with Crippen LogP contribution in [0, 0.1) is 17.1 Å². The Labute approximate surface area is 156 Å². The molecule has 0 aliphatic carbocycles. The summed E-state index contributed by atoms with van der Waals surface area (Å²) in [4.78, 5) is 3.27. The number of aromatic nitrogens is 2.